The molecule has 250 valence electrons. The lowest BCUT2D eigenvalue weighted by Gasteiger charge is -2.29. The van der Waals surface area contributed by atoms with E-state index >= 15 is 0 Å². The molecule has 1 aliphatic rings. The third-order valence-electron chi connectivity index (χ3n) is 10.9. The van der Waals surface area contributed by atoms with Crippen LogP contribution in [0.3, 0.4) is 0 Å². The summed E-state index contributed by atoms with van der Waals surface area (Å²) in [6.07, 6.45) is 0. The maximum atomic E-state index is 6.70. The molecular formula is C49H32N2O2. The van der Waals surface area contributed by atoms with Crippen molar-refractivity contribution < 1.29 is 8.83 Å². The van der Waals surface area contributed by atoms with Crippen molar-refractivity contribution in [3.63, 3.8) is 0 Å². The van der Waals surface area contributed by atoms with Crippen molar-refractivity contribution in [2.24, 2.45) is 4.99 Å². The Hall–Kier alpha value is -6.91. The maximum absolute atomic E-state index is 6.70. The highest BCUT2D eigenvalue weighted by molar-refractivity contribution is 6.20. The van der Waals surface area contributed by atoms with E-state index < -0.39 is 0 Å². The van der Waals surface area contributed by atoms with Crippen LogP contribution in [-0.2, 0) is 0 Å². The molecule has 3 heterocycles. The summed E-state index contributed by atoms with van der Waals surface area (Å²) in [5, 5.41) is 12.9. The van der Waals surface area contributed by atoms with Crippen LogP contribution in [0.5, 0.6) is 0 Å². The van der Waals surface area contributed by atoms with Crippen molar-refractivity contribution in [3.8, 4) is 11.1 Å². The molecule has 2 aromatic heterocycles. The van der Waals surface area contributed by atoms with Gasteiger partial charge in [0.1, 0.15) is 28.2 Å². The Morgan fingerprint density at radius 3 is 2.13 bits per heavy atom. The molecule has 0 aliphatic carbocycles. The largest absolute Gasteiger partial charge is 0.456 e. The number of furan rings is 2. The number of nitrogens with zero attached hydrogens (tertiary/aromatic N) is 1. The van der Waals surface area contributed by atoms with Crippen molar-refractivity contribution >= 4 is 77.0 Å². The van der Waals surface area contributed by atoms with Crippen molar-refractivity contribution in [2.45, 2.75) is 13.0 Å². The number of nitrogens with one attached hydrogen (secondary N) is 1. The normalized spacial score (nSPS) is 14.9. The minimum absolute atomic E-state index is 0.0652. The molecule has 0 fully saturated rings. The minimum atomic E-state index is -0.0652. The SMILES string of the molecule is CC1=C(c2cccc3oc4cc(-c5cc6c7ccccc7oc6c6ccccc56)ccc4c23)N=C(c2ccccc2)NC1c1ccc2ccccc2c1. The van der Waals surface area contributed by atoms with E-state index in [0.717, 1.165) is 94.0 Å². The molecule has 0 radical (unpaired) electrons. The zero-order chi connectivity index (χ0) is 35.0. The third kappa shape index (κ3) is 4.66. The Morgan fingerprint density at radius 2 is 1.25 bits per heavy atom. The highest BCUT2D eigenvalue weighted by Gasteiger charge is 2.27. The van der Waals surface area contributed by atoms with Gasteiger partial charge in [-0.05, 0) is 81.7 Å². The summed E-state index contributed by atoms with van der Waals surface area (Å²) >= 11 is 0. The molecule has 1 N–H and O–H groups in total. The lowest BCUT2D eigenvalue weighted by atomic mass is 9.90. The number of hydrogen-bond acceptors (Lipinski definition) is 4. The average molecular weight is 681 g/mol. The zero-order valence-corrected chi connectivity index (χ0v) is 28.9. The molecule has 1 atom stereocenters. The van der Waals surface area contributed by atoms with E-state index in [1.54, 1.807) is 0 Å². The van der Waals surface area contributed by atoms with Crippen LogP contribution in [0, 0.1) is 0 Å². The van der Waals surface area contributed by atoms with Gasteiger partial charge in [0.05, 0.1) is 11.7 Å². The predicted octanol–water partition coefficient (Wildman–Crippen LogP) is 13.0. The summed E-state index contributed by atoms with van der Waals surface area (Å²) in [7, 11) is 0. The fourth-order valence-corrected chi connectivity index (χ4v) is 8.33. The van der Waals surface area contributed by atoms with Gasteiger partial charge in [0.15, 0.2) is 0 Å². The van der Waals surface area contributed by atoms with E-state index in [0.29, 0.717) is 0 Å². The van der Waals surface area contributed by atoms with Crippen molar-refractivity contribution in [1.29, 1.82) is 0 Å². The molecule has 0 saturated carbocycles. The van der Waals surface area contributed by atoms with Crippen LogP contribution < -0.4 is 5.32 Å². The number of amidine groups is 1. The van der Waals surface area contributed by atoms with E-state index in [2.05, 4.69) is 158 Å². The molecule has 0 bridgehead atoms. The first kappa shape index (κ1) is 29.8. The van der Waals surface area contributed by atoms with E-state index in [1.807, 2.05) is 18.2 Å². The monoisotopic (exact) mass is 680 g/mol. The van der Waals surface area contributed by atoms with E-state index in [-0.39, 0.29) is 6.04 Å². The Balaban J connectivity index is 1.10. The first-order valence-corrected chi connectivity index (χ1v) is 18.1. The predicted molar refractivity (Wildman–Crippen MR) is 219 cm³/mol. The van der Waals surface area contributed by atoms with Gasteiger partial charge in [-0.15, -0.1) is 0 Å². The molecule has 53 heavy (non-hydrogen) atoms. The molecule has 0 amide bonds. The van der Waals surface area contributed by atoms with E-state index in [1.165, 1.54) is 16.3 Å². The summed E-state index contributed by atoms with van der Waals surface area (Å²) in [6, 6.07) is 57.6. The van der Waals surface area contributed by atoms with Crippen LogP contribution >= 0.6 is 0 Å². The molecule has 0 saturated heterocycles. The fraction of sp³-hybridized carbons (Fsp3) is 0.0408. The quantitative estimate of drug-likeness (QED) is 0.201. The van der Waals surface area contributed by atoms with Gasteiger partial charge in [0.25, 0.3) is 0 Å². The number of benzene rings is 8. The summed E-state index contributed by atoms with van der Waals surface area (Å²) < 4.78 is 13.1. The van der Waals surface area contributed by atoms with Gasteiger partial charge in [-0.3, -0.25) is 0 Å². The standard InChI is InChI=1S/C49H32N2O2/c1-29-46(34-23-22-30-12-5-6-15-32(30)26-34)50-49(31-13-3-2-4-14-31)51-47(29)39-19-11-21-43-45(39)38-25-24-33(27-44(38)52-43)40-28-41-36-17-9-10-20-42(36)53-48(41)37-18-8-7-16-35(37)40/h2-28,46H,1H3,(H,50,51). The van der Waals surface area contributed by atoms with Gasteiger partial charge < -0.3 is 14.2 Å². The smallest absolute Gasteiger partial charge is 0.143 e. The van der Waals surface area contributed by atoms with Crippen molar-refractivity contribution in [3.05, 3.63) is 186 Å². The first-order chi connectivity index (χ1) is 26.2. The Bertz CT molecular complexity index is 3160. The van der Waals surface area contributed by atoms with Crippen LogP contribution in [0.4, 0.5) is 0 Å². The van der Waals surface area contributed by atoms with E-state index in [4.69, 9.17) is 13.8 Å². The number of aliphatic imine (C=N–C) groups is 1. The zero-order valence-electron chi connectivity index (χ0n) is 28.9. The average Bonchev–Trinajstić information content (AvgIpc) is 3.79. The van der Waals surface area contributed by atoms with E-state index in [9.17, 15) is 0 Å². The second kappa shape index (κ2) is 11.6. The van der Waals surface area contributed by atoms with Gasteiger partial charge in [-0.1, -0.05) is 127 Å². The minimum Gasteiger partial charge on any atom is -0.456 e. The molecule has 4 heteroatoms. The van der Waals surface area contributed by atoms with Gasteiger partial charge in [-0.2, -0.15) is 0 Å². The van der Waals surface area contributed by atoms with Crippen LogP contribution in [0.25, 0.3) is 82.2 Å². The Labute approximate surface area is 305 Å². The second-order valence-corrected chi connectivity index (χ2v) is 14.0. The van der Waals surface area contributed by atoms with Crippen LogP contribution in [0.15, 0.2) is 183 Å². The lowest BCUT2D eigenvalue weighted by Crippen LogP contribution is -2.33. The number of para-hydroxylation sites is 1. The number of fused-ring (bicyclic) bond motifs is 9. The molecule has 1 aliphatic heterocycles. The number of rotatable bonds is 4. The number of hydrogen-bond donors (Lipinski definition) is 1. The third-order valence-corrected chi connectivity index (χ3v) is 10.9. The maximum Gasteiger partial charge on any atom is 0.143 e. The van der Waals surface area contributed by atoms with Crippen LogP contribution in [0.2, 0.25) is 0 Å². The Morgan fingerprint density at radius 1 is 0.491 bits per heavy atom. The summed E-state index contributed by atoms with van der Waals surface area (Å²) in [6.45, 7) is 2.20. The van der Waals surface area contributed by atoms with Gasteiger partial charge >= 0.3 is 0 Å². The highest BCUT2D eigenvalue weighted by atomic mass is 16.3. The lowest BCUT2D eigenvalue weighted by molar-refractivity contribution is 0.669. The molecule has 10 aromatic rings. The Kier molecular flexibility index (Phi) is 6.49. The molecule has 11 rings (SSSR count). The highest BCUT2D eigenvalue weighted by Crippen LogP contribution is 2.44. The topological polar surface area (TPSA) is 50.7 Å². The van der Waals surface area contributed by atoms with Crippen molar-refractivity contribution in [2.75, 3.05) is 0 Å². The second-order valence-electron chi connectivity index (χ2n) is 14.0. The van der Waals surface area contributed by atoms with Crippen LogP contribution in [0.1, 0.15) is 29.7 Å². The fourth-order valence-electron chi connectivity index (χ4n) is 8.33. The van der Waals surface area contributed by atoms with Crippen LogP contribution in [-0.4, -0.2) is 5.84 Å². The molecule has 1 unspecified atom stereocenters. The first-order valence-electron chi connectivity index (χ1n) is 18.1. The summed E-state index contributed by atoms with van der Waals surface area (Å²) in [5.41, 5.74) is 11.2. The molecule has 8 aromatic carbocycles. The van der Waals surface area contributed by atoms with Crippen molar-refractivity contribution in [1.82, 2.24) is 5.32 Å². The molecule has 0 spiro atoms. The summed E-state index contributed by atoms with van der Waals surface area (Å²) in [4.78, 5) is 5.36. The summed E-state index contributed by atoms with van der Waals surface area (Å²) in [5.74, 6) is 0.852. The molecular weight excluding hydrogens is 649 g/mol. The van der Waals surface area contributed by atoms with Gasteiger partial charge in [0.2, 0.25) is 0 Å². The van der Waals surface area contributed by atoms with Gasteiger partial charge in [-0.25, -0.2) is 4.99 Å². The molecule has 4 nitrogen and oxygen atoms in total. The van der Waals surface area contributed by atoms with Gasteiger partial charge in [0, 0.05) is 38.1 Å².